The van der Waals surface area contributed by atoms with Crippen molar-refractivity contribution in [3.05, 3.63) is 82.6 Å². The van der Waals surface area contributed by atoms with Crippen molar-refractivity contribution in [3.63, 3.8) is 0 Å². The normalized spacial score (nSPS) is 13.7. The van der Waals surface area contributed by atoms with E-state index in [1.807, 2.05) is 32.9 Å². The maximum absolute atomic E-state index is 13.8. The molecule has 20 nitrogen and oxygen atoms in total. The molecule has 61 heavy (non-hydrogen) atoms. The van der Waals surface area contributed by atoms with Crippen molar-refractivity contribution >= 4 is 57.7 Å². The van der Waals surface area contributed by atoms with Crippen LogP contribution in [0.2, 0.25) is 0 Å². The van der Waals surface area contributed by atoms with Crippen LogP contribution in [0.3, 0.4) is 0 Å². The zero-order chi connectivity index (χ0) is 43.4. The molecule has 1 fully saturated rings. The van der Waals surface area contributed by atoms with Crippen molar-refractivity contribution in [2.45, 2.75) is 60.3 Å². The predicted octanol–water partition coefficient (Wildman–Crippen LogP) is 2.81. The molecular formula is C41H51N15O5. The number of carbonyl (C=O) groups is 4. The molecule has 0 radical (unpaired) electrons. The molecule has 6 aromatic rings. The minimum Gasteiger partial charge on any atom is -0.491 e. The van der Waals surface area contributed by atoms with Gasteiger partial charge in [0.05, 0.1) is 29.1 Å². The van der Waals surface area contributed by atoms with Gasteiger partial charge in [0.2, 0.25) is 23.7 Å². The number of carbonyl (C=O) groups excluding carboxylic acids is 4. The largest absolute Gasteiger partial charge is 0.491 e. The summed E-state index contributed by atoms with van der Waals surface area (Å²) < 4.78 is 13.1. The van der Waals surface area contributed by atoms with Crippen molar-refractivity contribution in [1.29, 1.82) is 0 Å². The molecule has 1 aliphatic rings. The van der Waals surface area contributed by atoms with E-state index in [1.165, 1.54) is 12.3 Å². The van der Waals surface area contributed by atoms with E-state index in [0.717, 1.165) is 39.1 Å². The number of hydrogen-bond donors (Lipinski definition) is 4. The highest BCUT2D eigenvalue weighted by Gasteiger charge is 2.23. The summed E-state index contributed by atoms with van der Waals surface area (Å²) in [6.45, 7) is 13.9. The average molecular weight is 834 g/mol. The Kier molecular flexibility index (Phi) is 12.5. The SMILES string of the molecule is CCn1nc(C)cc1C(=O)Nc1nc2cc(C(N)=O)cnc2n1C/C=C/Cn1c(NC(=O)c2cc(C)nn2CC)nc2cc(C(N)=O)cc(OCCCN3CCN(C)CC3)c21. The molecule has 1 saturated heterocycles. The summed E-state index contributed by atoms with van der Waals surface area (Å²) in [4.78, 5) is 70.4. The molecule has 6 N–H and O–H groups in total. The van der Waals surface area contributed by atoms with Gasteiger partial charge >= 0.3 is 0 Å². The van der Waals surface area contributed by atoms with Gasteiger partial charge in [-0.1, -0.05) is 12.2 Å². The van der Waals surface area contributed by atoms with Crippen LogP contribution in [-0.2, 0) is 26.2 Å². The van der Waals surface area contributed by atoms with Crippen LogP contribution in [0.15, 0.2) is 48.7 Å². The number of amides is 4. The number of nitrogens with zero attached hydrogens (tertiary/aromatic N) is 11. The van der Waals surface area contributed by atoms with Crippen molar-refractivity contribution in [2.24, 2.45) is 11.5 Å². The van der Waals surface area contributed by atoms with Gasteiger partial charge in [0, 0.05) is 70.7 Å². The minimum absolute atomic E-state index is 0.167. The monoisotopic (exact) mass is 833 g/mol. The highest BCUT2D eigenvalue weighted by Crippen LogP contribution is 2.32. The topological polar surface area (TPSA) is 244 Å². The fourth-order valence-corrected chi connectivity index (χ4v) is 7.34. The van der Waals surface area contributed by atoms with Gasteiger partial charge in [-0.05, 0) is 71.5 Å². The molecule has 6 heterocycles. The number of nitrogens with one attached hydrogen (secondary N) is 2. The minimum atomic E-state index is -0.664. The van der Waals surface area contributed by atoms with Crippen molar-refractivity contribution < 1.29 is 23.9 Å². The Labute approximate surface area is 351 Å². The average Bonchev–Trinajstić information content (AvgIpc) is 4.00. The first-order valence-corrected chi connectivity index (χ1v) is 20.2. The molecule has 5 aromatic heterocycles. The maximum atomic E-state index is 13.8. The smallest absolute Gasteiger partial charge is 0.276 e. The van der Waals surface area contributed by atoms with E-state index in [2.05, 4.69) is 47.6 Å². The Balaban J connectivity index is 1.22. The van der Waals surface area contributed by atoms with Crippen LogP contribution in [0.5, 0.6) is 5.75 Å². The zero-order valence-electron chi connectivity index (χ0n) is 35.0. The van der Waals surface area contributed by atoms with Gasteiger partial charge in [-0.25, -0.2) is 15.0 Å². The van der Waals surface area contributed by atoms with Crippen LogP contribution in [0.4, 0.5) is 11.9 Å². The third-order valence-electron chi connectivity index (χ3n) is 10.5. The number of imidazole rings is 2. The number of hydrogen-bond acceptors (Lipinski definition) is 12. The van der Waals surface area contributed by atoms with Gasteiger partial charge in [0.25, 0.3) is 11.8 Å². The van der Waals surface area contributed by atoms with Gasteiger partial charge in [-0.15, -0.1) is 0 Å². The number of primary amides is 2. The molecule has 4 amide bonds. The Morgan fingerprint density at radius 2 is 1.31 bits per heavy atom. The highest BCUT2D eigenvalue weighted by molar-refractivity contribution is 6.05. The molecule has 20 heteroatoms. The number of ether oxygens (including phenoxy) is 1. The number of benzene rings is 1. The number of likely N-dealkylation sites (N-methyl/N-ethyl adjacent to an activating group) is 1. The lowest BCUT2D eigenvalue weighted by Gasteiger charge is -2.32. The summed E-state index contributed by atoms with van der Waals surface area (Å²) in [5.74, 6) is -1.36. The second kappa shape index (κ2) is 18.1. The van der Waals surface area contributed by atoms with Crippen LogP contribution in [0.25, 0.3) is 22.2 Å². The third kappa shape index (κ3) is 9.29. The standard InChI is InChI=1S/C41H51N15O5/c1-6-55-31(19-25(3)49-55)38(59)47-40-45-29-21-27(35(42)57)23-33(61-18-10-11-52-16-14-51(5)15-17-52)34(29)53(40)12-8-9-13-54-37-30(22-28(24-44-37)36(43)58)46-41(54)48-39(60)32-20-26(4)50-56(32)7-2/h8-9,19-24H,6-7,10-18H2,1-5H3,(H2,42,57)(H2,43,58)(H,45,47,59)(H,46,48,60)/b9-8+. The van der Waals surface area contributed by atoms with E-state index in [-0.39, 0.29) is 36.1 Å². The Hall–Kier alpha value is -6.93. The fourth-order valence-electron chi connectivity index (χ4n) is 7.34. The second-order valence-electron chi connectivity index (χ2n) is 14.9. The molecule has 7 rings (SSSR count). The number of piperazine rings is 1. The number of pyridine rings is 1. The molecule has 0 saturated carbocycles. The Bertz CT molecular complexity index is 2640. The quantitative estimate of drug-likeness (QED) is 0.0766. The number of allylic oxidation sites excluding steroid dienone is 2. The van der Waals surface area contributed by atoms with Crippen LogP contribution in [0, 0.1) is 13.8 Å². The van der Waals surface area contributed by atoms with Crippen molar-refractivity contribution in [1.82, 2.24) is 53.4 Å². The number of anilines is 2. The number of aryl methyl sites for hydroxylation is 4. The molecule has 0 atom stereocenters. The zero-order valence-corrected chi connectivity index (χ0v) is 35.0. The summed E-state index contributed by atoms with van der Waals surface area (Å²) in [6, 6.07) is 8.10. The Morgan fingerprint density at radius 3 is 1.90 bits per heavy atom. The van der Waals surface area contributed by atoms with E-state index < -0.39 is 23.6 Å². The first-order chi connectivity index (χ1) is 29.3. The Morgan fingerprint density at radius 1 is 0.754 bits per heavy atom. The van der Waals surface area contributed by atoms with Gasteiger partial charge in [-0.2, -0.15) is 10.2 Å². The number of fused-ring (bicyclic) bond motifs is 2. The van der Waals surface area contributed by atoms with E-state index in [4.69, 9.17) is 21.2 Å². The number of rotatable bonds is 17. The van der Waals surface area contributed by atoms with Crippen LogP contribution < -0.4 is 26.8 Å². The van der Waals surface area contributed by atoms with Crippen LogP contribution in [-0.4, -0.2) is 123 Å². The van der Waals surface area contributed by atoms with Gasteiger partial charge < -0.3 is 30.6 Å². The molecule has 0 spiro atoms. The van der Waals surface area contributed by atoms with E-state index in [9.17, 15) is 19.2 Å². The van der Waals surface area contributed by atoms with Gasteiger partial charge in [-0.3, -0.25) is 43.7 Å². The summed E-state index contributed by atoms with van der Waals surface area (Å²) in [6.07, 6.45) is 5.82. The third-order valence-corrected chi connectivity index (χ3v) is 10.5. The van der Waals surface area contributed by atoms with Gasteiger partial charge in [0.1, 0.15) is 28.2 Å². The second-order valence-corrected chi connectivity index (χ2v) is 14.9. The molecule has 0 bridgehead atoms. The molecule has 320 valence electrons. The maximum Gasteiger partial charge on any atom is 0.276 e. The van der Waals surface area contributed by atoms with Crippen LogP contribution in [0.1, 0.15) is 73.3 Å². The predicted molar refractivity (Wildman–Crippen MR) is 229 cm³/mol. The van der Waals surface area contributed by atoms with Crippen molar-refractivity contribution in [3.8, 4) is 5.75 Å². The lowest BCUT2D eigenvalue weighted by atomic mass is 10.1. The molecule has 1 aromatic carbocycles. The summed E-state index contributed by atoms with van der Waals surface area (Å²) >= 11 is 0. The molecular weight excluding hydrogens is 783 g/mol. The summed E-state index contributed by atoms with van der Waals surface area (Å²) in [5.41, 5.74) is 15.5. The van der Waals surface area contributed by atoms with E-state index >= 15 is 0 Å². The summed E-state index contributed by atoms with van der Waals surface area (Å²) in [7, 11) is 2.12. The van der Waals surface area contributed by atoms with Crippen molar-refractivity contribution in [2.75, 3.05) is 57.0 Å². The first kappa shape index (κ1) is 42.2. The highest BCUT2D eigenvalue weighted by atomic mass is 16.5. The lowest BCUT2D eigenvalue weighted by Crippen LogP contribution is -2.44. The first-order valence-electron chi connectivity index (χ1n) is 20.2. The van der Waals surface area contributed by atoms with Gasteiger partial charge in [0.15, 0.2) is 5.65 Å². The van der Waals surface area contributed by atoms with Crippen LogP contribution >= 0.6 is 0 Å². The summed E-state index contributed by atoms with van der Waals surface area (Å²) in [5, 5.41) is 14.7. The molecule has 1 aliphatic heterocycles. The lowest BCUT2D eigenvalue weighted by molar-refractivity contribution is 0.0991. The number of aromatic nitrogens is 9. The number of nitrogens with two attached hydrogens (primary N) is 2. The molecule has 0 aliphatic carbocycles. The van der Waals surface area contributed by atoms with E-state index in [1.54, 1.807) is 49.7 Å². The molecule has 0 unspecified atom stereocenters. The fraction of sp³-hybridized carbons (Fsp3) is 0.390. The van der Waals surface area contributed by atoms with E-state index in [0.29, 0.717) is 70.4 Å².